The van der Waals surface area contributed by atoms with Crippen LogP contribution >= 0.6 is 0 Å². The number of pyridine rings is 1. The van der Waals surface area contributed by atoms with Crippen molar-refractivity contribution >= 4 is 5.91 Å². The second-order valence-electron chi connectivity index (χ2n) is 7.26. The lowest BCUT2D eigenvalue weighted by molar-refractivity contribution is -0.607. The van der Waals surface area contributed by atoms with E-state index in [-0.39, 0.29) is 17.1 Å². The zero-order valence-corrected chi connectivity index (χ0v) is 14.0. The molecular weight excluding hydrogens is 278 g/mol. The number of aromatic nitrogens is 1. The summed E-state index contributed by atoms with van der Waals surface area (Å²) in [6.45, 7) is 11.5. The van der Waals surface area contributed by atoms with Crippen molar-refractivity contribution in [2.75, 3.05) is 19.6 Å². The number of piperidine rings is 1. The molecule has 0 spiro atoms. The number of nitrogens with zero attached hydrogens (tertiary/aromatic N) is 2. The van der Waals surface area contributed by atoms with Gasteiger partial charge in [-0.1, -0.05) is 13.8 Å². The van der Waals surface area contributed by atoms with E-state index in [9.17, 15) is 10.0 Å². The molecule has 1 saturated heterocycles. The molecule has 0 aromatic carbocycles. The van der Waals surface area contributed by atoms with Crippen LogP contribution in [0.3, 0.4) is 0 Å². The monoisotopic (exact) mass is 305 g/mol. The number of carbonyl (C=O) groups excluding carboxylic acids is 1. The molecule has 2 heterocycles. The van der Waals surface area contributed by atoms with Crippen molar-refractivity contribution < 1.29 is 9.52 Å². The average Bonchev–Trinajstić information content (AvgIpc) is 2.44. The first-order valence-electron chi connectivity index (χ1n) is 8.01. The molecule has 1 fully saturated rings. The fourth-order valence-corrected chi connectivity index (χ4v) is 3.26. The van der Waals surface area contributed by atoms with E-state index in [1.54, 1.807) is 18.2 Å². The third-order valence-electron chi connectivity index (χ3n) is 4.46. The van der Waals surface area contributed by atoms with Crippen LogP contribution in [0.2, 0.25) is 0 Å². The number of rotatable bonds is 4. The van der Waals surface area contributed by atoms with Crippen LogP contribution in [0.5, 0.6) is 0 Å². The Morgan fingerprint density at radius 3 is 2.59 bits per heavy atom. The maximum absolute atomic E-state index is 12.2. The van der Waals surface area contributed by atoms with Crippen molar-refractivity contribution in [3.05, 3.63) is 35.3 Å². The fourth-order valence-electron chi connectivity index (χ4n) is 3.26. The highest BCUT2D eigenvalue weighted by Crippen LogP contribution is 2.26. The molecule has 0 unspecified atom stereocenters. The lowest BCUT2D eigenvalue weighted by Gasteiger charge is -2.45. The number of hydrogen-bond acceptors (Lipinski definition) is 3. The molecule has 5 nitrogen and oxygen atoms in total. The highest BCUT2D eigenvalue weighted by molar-refractivity contribution is 5.90. The first-order valence-corrected chi connectivity index (χ1v) is 8.01. The third kappa shape index (κ3) is 3.97. The first-order chi connectivity index (χ1) is 10.3. The molecule has 22 heavy (non-hydrogen) atoms. The van der Waals surface area contributed by atoms with Gasteiger partial charge < -0.3 is 10.5 Å². The molecule has 5 heteroatoms. The summed E-state index contributed by atoms with van der Waals surface area (Å²) in [5, 5.41) is 14.5. The van der Waals surface area contributed by atoms with Gasteiger partial charge in [-0.2, -0.15) is 4.73 Å². The predicted molar refractivity (Wildman–Crippen MR) is 86.3 cm³/mol. The van der Waals surface area contributed by atoms with E-state index in [0.717, 1.165) is 13.1 Å². The summed E-state index contributed by atoms with van der Waals surface area (Å²) in [4.78, 5) is 14.6. The van der Waals surface area contributed by atoms with E-state index in [1.807, 2.05) is 0 Å². The Hall–Kier alpha value is -1.62. The van der Waals surface area contributed by atoms with Gasteiger partial charge in [0.2, 0.25) is 0 Å². The predicted octanol–water partition coefficient (Wildman–Crippen LogP) is 1.81. The summed E-state index contributed by atoms with van der Waals surface area (Å²) in [5.74, 6) is 1.04. The first kappa shape index (κ1) is 16.7. The topological polar surface area (TPSA) is 59.3 Å². The Morgan fingerprint density at radius 2 is 2.00 bits per heavy atom. The van der Waals surface area contributed by atoms with E-state index in [2.05, 4.69) is 37.9 Å². The van der Waals surface area contributed by atoms with Crippen molar-refractivity contribution in [1.82, 2.24) is 10.2 Å². The van der Waals surface area contributed by atoms with Gasteiger partial charge in [0.1, 0.15) is 0 Å². The van der Waals surface area contributed by atoms with Gasteiger partial charge in [-0.25, -0.2) is 0 Å². The van der Waals surface area contributed by atoms with Gasteiger partial charge in [-0.3, -0.25) is 9.69 Å². The molecule has 0 aliphatic carbocycles. The normalized spacial score (nSPS) is 23.3. The van der Waals surface area contributed by atoms with E-state index in [4.69, 9.17) is 0 Å². The van der Waals surface area contributed by atoms with Crippen molar-refractivity contribution in [3.8, 4) is 0 Å². The Balaban J connectivity index is 1.97. The molecule has 1 aromatic rings. The van der Waals surface area contributed by atoms with E-state index >= 15 is 0 Å². The maximum Gasteiger partial charge on any atom is 0.317 e. The summed E-state index contributed by atoms with van der Waals surface area (Å²) in [6.07, 6.45) is 2.60. The molecule has 1 aliphatic rings. The van der Waals surface area contributed by atoms with E-state index in [0.29, 0.717) is 23.1 Å². The second kappa shape index (κ2) is 6.65. The molecule has 0 radical (unpaired) electrons. The Bertz CT molecular complexity index is 520. The second-order valence-corrected chi connectivity index (χ2v) is 7.26. The lowest BCUT2D eigenvalue weighted by atomic mass is 9.88. The summed E-state index contributed by atoms with van der Waals surface area (Å²) in [6, 6.07) is 4.85. The molecule has 1 aromatic heterocycles. The summed E-state index contributed by atoms with van der Waals surface area (Å²) in [5.41, 5.74) is 0.0138. The molecule has 0 saturated carbocycles. The van der Waals surface area contributed by atoms with E-state index in [1.165, 1.54) is 12.6 Å². The largest absolute Gasteiger partial charge is 0.618 e. The van der Waals surface area contributed by atoms with Crippen LogP contribution < -0.4 is 10.0 Å². The van der Waals surface area contributed by atoms with Gasteiger partial charge in [-0.15, -0.1) is 0 Å². The SMILES string of the molecule is C[C@H]1C[C@H](C)CN(C(C)(C)CNC(=O)c2cccc[n+]2[O-])C1. The van der Waals surface area contributed by atoms with Crippen molar-refractivity contribution in [3.63, 3.8) is 0 Å². The summed E-state index contributed by atoms with van der Waals surface area (Å²) >= 11 is 0. The highest BCUT2D eigenvalue weighted by Gasteiger charge is 2.33. The van der Waals surface area contributed by atoms with Gasteiger partial charge >= 0.3 is 5.91 Å². The standard InChI is InChI=1S/C17H27N3O2/c1-13-9-14(2)11-19(10-13)17(3,4)12-18-16(21)15-7-5-6-8-20(15)22/h5-8,13-14H,9-12H2,1-4H3,(H,18,21)/t13-,14-/m0/s1. The van der Waals surface area contributed by atoms with Crippen LogP contribution in [0.15, 0.2) is 24.4 Å². The molecule has 1 amide bonds. The van der Waals surface area contributed by atoms with Crippen LogP contribution in [0.4, 0.5) is 0 Å². The number of likely N-dealkylation sites (tertiary alicyclic amines) is 1. The Morgan fingerprint density at radius 1 is 1.36 bits per heavy atom. The van der Waals surface area contributed by atoms with Gasteiger partial charge in [-0.05, 0) is 38.2 Å². The van der Waals surface area contributed by atoms with Crippen LogP contribution in [0, 0.1) is 17.0 Å². The lowest BCUT2D eigenvalue weighted by Crippen LogP contribution is -2.56. The third-order valence-corrected chi connectivity index (χ3v) is 4.46. The molecule has 2 atom stereocenters. The zero-order valence-electron chi connectivity index (χ0n) is 14.0. The van der Waals surface area contributed by atoms with Crippen LogP contribution in [0.25, 0.3) is 0 Å². The van der Waals surface area contributed by atoms with Crippen LogP contribution in [-0.2, 0) is 0 Å². The quantitative estimate of drug-likeness (QED) is 0.682. The average molecular weight is 305 g/mol. The smallest absolute Gasteiger partial charge is 0.317 e. The number of nitrogens with one attached hydrogen (secondary N) is 1. The maximum atomic E-state index is 12.2. The number of amides is 1. The molecule has 2 rings (SSSR count). The fraction of sp³-hybridized carbons (Fsp3) is 0.647. The Labute approximate surface area is 132 Å². The van der Waals surface area contributed by atoms with Gasteiger partial charge in [0.15, 0.2) is 6.20 Å². The molecule has 0 bridgehead atoms. The minimum Gasteiger partial charge on any atom is -0.618 e. The molecule has 122 valence electrons. The number of hydrogen-bond donors (Lipinski definition) is 1. The summed E-state index contributed by atoms with van der Waals surface area (Å²) in [7, 11) is 0. The summed E-state index contributed by atoms with van der Waals surface area (Å²) < 4.78 is 0.605. The zero-order chi connectivity index (χ0) is 16.3. The number of carbonyl (C=O) groups is 1. The Kier molecular flexibility index (Phi) is 5.06. The van der Waals surface area contributed by atoms with Gasteiger partial charge in [0, 0.05) is 37.3 Å². The minimum absolute atomic E-state index is 0.124. The minimum atomic E-state index is -0.318. The molecule has 1 N–H and O–H groups in total. The van der Waals surface area contributed by atoms with Crippen molar-refractivity contribution in [2.45, 2.75) is 39.7 Å². The highest BCUT2D eigenvalue weighted by atomic mass is 16.5. The van der Waals surface area contributed by atoms with Crippen molar-refractivity contribution in [1.29, 1.82) is 0 Å². The van der Waals surface area contributed by atoms with Crippen molar-refractivity contribution in [2.24, 2.45) is 11.8 Å². The van der Waals surface area contributed by atoms with Crippen LogP contribution in [-0.4, -0.2) is 36.0 Å². The van der Waals surface area contributed by atoms with Gasteiger partial charge in [0.05, 0.1) is 0 Å². The molecular formula is C17H27N3O2. The van der Waals surface area contributed by atoms with Crippen LogP contribution in [0.1, 0.15) is 44.6 Å². The van der Waals surface area contributed by atoms with Gasteiger partial charge in [0.25, 0.3) is 5.69 Å². The molecule has 1 aliphatic heterocycles. The van der Waals surface area contributed by atoms with E-state index < -0.39 is 0 Å².